The molecule has 2 rings (SSSR count). The lowest BCUT2D eigenvalue weighted by Gasteiger charge is -2.25. The van der Waals surface area contributed by atoms with E-state index in [-0.39, 0.29) is 22.2 Å². The van der Waals surface area contributed by atoms with Gasteiger partial charge in [-0.1, -0.05) is 0 Å². The lowest BCUT2D eigenvalue weighted by atomic mass is 10.2. The van der Waals surface area contributed by atoms with Crippen LogP contribution in [-0.2, 0) is 19.6 Å². The van der Waals surface area contributed by atoms with Gasteiger partial charge in [-0.25, -0.2) is 8.42 Å². The number of nitrogens with zero attached hydrogens (tertiary/aromatic N) is 1. The number of aliphatic carboxylic acids is 1. The average Bonchev–Trinajstić information content (AvgIpc) is 2.65. The fourth-order valence-corrected chi connectivity index (χ4v) is 3.88. The van der Waals surface area contributed by atoms with Crippen LogP contribution in [0.25, 0.3) is 0 Å². The highest BCUT2D eigenvalue weighted by atomic mass is 32.2. The van der Waals surface area contributed by atoms with Crippen LogP contribution in [0, 0.1) is 0 Å². The van der Waals surface area contributed by atoms with Gasteiger partial charge in [-0.2, -0.15) is 0 Å². The third-order valence-corrected chi connectivity index (χ3v) is 5.47. The van der Waals surface area contributed by atoms with Gasteiger partial charge >= 0.3 is 5.97 Å². The normalized spacial score (nSPS) is 10.8. The maximum Gasteiger partial charge on any atom is 0.324 e. The van der Waals surface area contributed by atoms with Gasteiger partial charge in [-0.3, -0.25) is 13.9 Å². The van der Waals surface area contributed by atoms with Crippen LogP contribution in [0.4, 0.5) is 11.4 Å². The van der Waals surface area contributed by atoms with E-state index in [0.717, 1.165) is 4.31 Å². The van der Waals surface area contributed by atoms with Crippen LogP contribution in [0.2, 0.25) is 0 Å². The number of nitrogens with one attached hydrogen (secondary N) is 1. The second-order valence-electron chi connectivity index (χ2n) is 5.65. The smallest absolute Gasteiger partial charge is 0.324 e. The molecule has 10 heteroatoms. The zero-order chi connectivity index (χ0) is 20.9. The number of hydrogen-bond acceptors (Lipinski definition) is 6. The Kier molecular flexibility index (Phi) is 6.47. The summed E-state index contributed by atoms with van der Waals surface area (Å²) < 4.78 is 37.3. The summed E-state index contributed by atoms with van der Waals surface area (Å²) in [5.41, 5.74) is 0.468. The van der Waals surface area contributed by atoms with Gasteiger partial charge < -0.3 is 19.9 Å². The Labute approximate surface area is 162 Å². The molecule has 0 heterocycles. The predicted molar refractivity (Wildman–Crippen MR) is 102 cm³/mol. The number of hydrogen-bond donors (Lipinski definition) is 2. The van der Waals surface area contributed by atoms with Crippen molar-refractivity contribution in [2.24, 2.45) is 0 Å². The lowest BCUT2D eigenvalue weighted by molar-refractivity contribution is -0.135. The van der Waals surface area contributed by atoms with Crippen molar-refractivity contribution in [2.75, 3.05) is 30.4 Å². The Morgan fingerprint density at radius 1 is 1.07 bits per heavy atom. The Morgan fingerprint density at radius 2 is 1.71 bits per heavy atom. The minimum atomic E-state index is -4.23. The third kappa shape index (κ3) is 4.71. The van der Waals surface area contributed by atoms with E-state index in [2.05, 4.69) is 5.32 Å². The maximum absolute atomic E-state index is 13.1. The number of carboxylic acid groups (broad SMARTS) is 1. The Bertz CT molecular complexity index is 972. The van der Waals surface area contributed by atoms with Crippen molar-refractivity contribution >= 4 is 33.3 Å². The number of amides is 1. The molecule has 0 radical (unpaired) electrons. The van der Waals surface area contributed by atoms with Crippen molar-refractivity contribution in [2.45, 2.75) is 11.8 Å². The second-order valence-corrected chi connectivity index (χ2v) is 7.51. The predicted octanol–water partition coefficient (Wildman–Crippen LogP) is 1.94. The summed E-state index contributed by atoms with van der Waals surface area (Å²) in [7, 11) is -1.45. The lowest BCUT2D eigenvalue weighted by Crippen LogP contribution is -2.36. The number of carboxylic acids is 1. The van der Waals surface area contributed by atoms with Gasteiger partial charge in [0, 0.05) is 18.7 Å². The summed E-state index contributed by atoms with van der Waals surface area (Å²) in [6.07, 6.45) is 0. The fraction of sp³-hybridized carbons (Fsp3) is 0.222. The van der Waals surface area contributed by atoms with E-state index in [9.17, 15) is 23.1 Å². The molecule has 0 bridgehead atoms. The molecule has 9 nitrogen and oxygen atoms in total. The maximum atomic E-state index is 13.1. The molecule has 2 N–H and O–H groups in total. The van der Waals surface area contributed by atoms with E-state index in [1.807, 2.05) is 0 Å². The molecule has 0 aliphatic rings. The molecule has 0 spiro atoms. The first kappa shape index (κ1) is 21.0. The van der Waals surface area contributed by atoms with Gasteiger partial charge in [0.1, 0.15) is 18.0 Å². The summed E-state index contributed by atoms with van der Waals surface area (Å²) in [5.74, 6) is -1.07. The first-order valence-corrected chi connectivity index (χ1v) is 9.47. The third-order valence-electron chi connectivity index (χ3n) is 3.70. The molecule has 1 amide bonds. The van der Waals surface area contributed by atoms with Gasteiger partial charge in [-0.15, -0.1) is 0 Å². The molecule has 0 aliphatic carbocycles. The highest BCUT2D eigenvalue weighted by Gasteiger charge is 2.29. The van der Waals surface area contributed by atoms with Crippen LogP contribution in [0.15, 0.2) is 47.4 Å². The summed E-state index contributed by atoms with van der Waals surface area (Å²) in [5, 5.41) is 11.8. The Hall–Kier alpha value is -3.27. The summed E-state index contributed by atoms with van der Waals surface area (Å²) >= 11 is 0. The molecule has 0 saturated heterocycles. The van der Waals surface area contributed by atoms with Gasteiger partial charge in [0.05, 0.1) is 24.8 Å². The van der Waals surface area contributed by atoms with Gasteiger partial charge in [0.15, 0.2) is 0 Å². The van der Waals surface area contributed by atoms with Crippen molar-refractivity contribution in [3.05, 3.63) is 42.5 Å². The molecule has 0 unspecified atom stereocenters. The van der Waals surface area contributed by atoms with Crippen LogP contribution in [-0.4, -0.2) is 46.2 Å². The van der Waals surface area contributed by atoms with Crippen LogP contribution in [0.1, 0.15) is 6.92 Å². The molecule has 150 valence electrons. The number of anilines is 2. The number of sulfonamides is 1. The van der Waals surface area contributed by atoms with Crippen molar-refractivity contribution < 1.29 is 32.6 Å². The Balaban J connectivity index is 2.52. The zero-order valence-electron chi connectivity index (χ0n) is 15.5. The zero-order valence-corrected chi connectivity index (χ0v) is 16.3. The minimum Gasteiger partial charge on any atom is -0.497 e. The summed E-state index contributed by atoms with van der Waals surface area (Å²) in [6.45, 7) is 0.522. The van der Waals surface area contributed by atoms with Crippen LogP contribution >= 0.6 is 0 Å². The van der Waals surface area contributed by atoms with Gasteiger partial charge in [0.25, 0.3) is 10.0 Å². The highest BCUT2D eigenvalue weighted by Crippen LogP contribution is 2.35. The fourth-order valence-electron chi connectivity index (χ4n) is 2.45. The van der Waals surface area contributed by atoms with E-state index in [1.165, 1.54) is 63.6 Å². The molecular weight excluding hydrogens is 388 g/mol. The molecule has 0 fully saturated rings. The number of carbonyl (C=O) groups is 2. The van der Waals surface area contributed by atoms with Crippen LogP contribution < -0.4 is 19.1 Å². The first-order valence-electron chi connectivity index (χ1n) is 8.03. The number of ether oxygens (including phenoxy) is 2. The number of benzene rings is 2. The SMILES string of the molecule is COc1ccc(N(CC(=O)O)S(=O)(=O)c2ccc(NC(C)=O)cc2)c(OC)c1. The highest BCUT2D eigenvalue weighted by molar-refractivity contribution is 7.92. The largest absolute Gasteiger partial charge is 0.497 e. The van der Waals surface area contributed by atoms with E-state index in [4.69, 9.17) is 9.47 Å². The van der Waals surface area contributed by atoms with E-state index in [1.54, 1.807) is 0 Å². The number of carbonyl (C=O) groups excluding carboxylic acids is 1. The average molecular weight is 408 g/mol. The minimum absolute atomic E-state index is 0.0524. The topological polar surface area (TPSA) is 122 Å². The van der Waals surface area contributed by atoms with E-state index < -0.39 is 22.5 Å². The van der Waals surface area contributed by atoms with E-state index >= 15 is 0 Å². The van der Waals surface area contributed by atoms with E-state index in [0.29, 0.717) is 11.4 Å². The van der Waals surface area contributed by atoms with Crippen molar-refractivity contribution in [1.82, 2.24) is 0 Å². The molecule has 0 aliphatic heterocycles. The van der Waals surface area contributed by atoms with Gasteiger partial charge in [-0.05, 0) is 36.4 Å². The van der Waals surface area contributed by atoms with Crippen LogP contribution in [0.3, 0.4) is 0 Å². The molecule has 2 aromatic carbocycles. The van der Waals surface area contributed by atoms with Crippen molar-refractivity contribution in [3.63, 3.8) is 0 Å². The number of methoxy groups -OCH3 is 2. The molecule has 0 atom stereocenters. The molecule has 0 saturated carbocycles. The number of rotatable bonds is 8. The quantitative estimate of drug-likeness (QED) is 0.684. The summed E-state index contributed by atoms with van der Waals surface area (Å²) in [6, 6.07) is 9.76. The van der Waals surface area contributed by atoms with Crippen LogP contribution in [0.5, 0.6) is 11.5 Å². The van der Waals surface area contributed by atoms with Gasteiger partial charge in [0.2, 0.25) is 5.91 Å². The second kappa shape index (κ2) is 8.61. The molecule has 28 heavy (non-hydrogen) atoms. The Morgan fingerprint density at radius 3 is 2.21 bits per heavy atom. The standard InChI is InChI=1S/C18H20N2O7S/c1-12(21)19-13-4-7-15(8-5-13)28(24,25)20(11-18(22)23)16-9-6-14(26-2)10-17(16)27-3/h4-10H,11H2,1-3H3,(H,19,21)(H,22,23). The molecule has 0 aromatic heterocycles. The molecular formula is C18H20N2O7S. The molecule has 2 aromatic rings. The van der Waals surface area contributed by atoms with Crippen molar-refractivity contribution in [3.8, 4) is 11.5 Å². The van der Waals surface area contributed by atoms with Crippen molar-refractivity contribution in [1.29, 1.82) is 0 Å². The monoisotopic (exact) mass is 408 g/mol. The summed E-state index contributed by atoms with van der Waals surface area (Å²) in [4.78, 5) is 22.3. The first-order chi connectivity index (χ1) is 13.2.